The topological polar surface area (TPSA) is 41.6 Å². The fraction of sp³-hybridized carbons (Fsp3) is 0.562. The maximum absolute atomic E-state index is 12.2. The molecule has 0 radical (unpaired) electrons. The number of halogens is 3. The predicted octanol–water partition coefficient (Wildman–Crippen LogP) is 2.73. The van der Waals surface area contributed by atoms with Crippen LogP contribution in [-0.4, -0.2) is 42.3 Å². The summed E-state index contributed by atoms with van der Waals surface area (Å²) in [5.41, 5.74) is 0.809. The first-order valence-corrected chi connectivity index (χ1v) is 7.61. The summed E-state index contributed by atoms with van der Waals surface area (Å²) in [7, 11) is 0. The average Bonchev–Trinajstić information content (AvgIpc) is 2.43. The Morgan fingerprint density at radius 3 is 2.30 bits per heavy atom. The molecule has 2 atom stereocenters. The van der Waals surface area contributed by atoms with Gasteiger partial charge in [-0.15, -0.1) is 13.2 Å². The first-order valence-electron chi connectivity index (χ1n) is 7.61. The second-order valence-electron chi connectivity index (χ2n) is 5.96. The molecule has 1 N–H and O–H groups in total. The molecule has 0 saturated carbocycles. The Hall–Kier alpha value is -1.76. The quantitative estimate of drug-likeness (QED) is 0.923. The first kappa shape index (κ1) is 17.6. The number of aryl methyl sites for hydroxylation is 1. The highest BCUT2D eigenvalue weighted by Gasteiger charge is 2.31. The van der Waals surface area contributed by atoms with Crippen molar-refractivity contribution in [3.63, 3.8) is 0 Å². The van der Waals surface area contributed by atoms with Gasteiger partial charge in [0.15, 0.2) is 0 Å². The average molecular weight is 330 g/mol. The van der Waals surface area contributed by atoms with Gasteiger partial charge in [-0.05, 0) is 38.0 Å². The summed E-state index contributed by atoms with van der Waals surface area (Å²) in [5.74, 6) is -0.182. The number of alkyl halides is 3. The third-order valence-corrected chi connectivity index (χ3v) is 3.69. The highest BCUT2D eigenvalue weighted by atomic mass is 19.4. The van der Waals surface area contributed by atoms with Crippen LogP contribution in [0.4, 0.5) is 13.2 Å². The van der Waals surface area contributed by atoms with E-state index in [-0.39, 0.29) is 23.7 Å². The Kier molecular flexibility index (Phi) is 5.51. The summed E-state index contributed by atoms with van der Waals surface area (Å²) in [6.07, 6.45) is -3.84. The lowest BCUT2D eigenvalue weighted by molar-refractivity contribution is -0.274. The maximum atomic E-state index is 12.2. The van der Waals surface area contributed by atoms with E-state index < -0.39 is 6.36 Å². The molecule has 1 saturated heterocycles. The van der Waals surface area contributed by atoms with Crippen molar-refractivity contribution >= 4 is 5.91 Å². The van der Waals surface area contributed by atoms with Crippen molar-refractivity contribution < 1.29 is 22.7 Å². The molecule has 0 aliphatic carbocycles. The Bertz CT molecular complexity index is 521. The molecule has 0 spiro atoms. The van der Waals surface area contributed by atoms with Crippen LogP contribution in [0.15, 0.2) is 24.3 Å². The number of carbonyl (C=O) groups is 1. The fourth-order valence-electron chi connectivity index (χ4n) is 2.80. The van der Waals surface area contributed by atoms with E-state index in [1.807, 2.05) is 18.7 Å². The van der Waals surface area contributed by atoms with Crippen LogP contribution in [0.1, 0.15) is 25.8 Å². The number of amides is 1. The molecular formula is C16H21F3N2O2. The molecule has 4 nitrogen and oxygen atoms in total. The number of nitrogens with one attached hydrogen (secondary N) is 1. The molecule has 1 fully saturated rings. The van der Waals surface area contributed by atoms with E-state index in [0.717, 1.165) is 5.56 Å². The van der Waals surface area contributed by atoms with Gasteiger partial charge in [0.25, 0.3) is 0 Å². The van der Waals surface area contributed by atoms with Crippen molar-refractivity contribution in [2.75, 3.05) is 13.1 Å². The number of carbonyl (C=O) groups excluding carboxylic acids is 1. The molecule has 1 aromatic rings. The lowest BCUT2D eigenvalue weighted by Gasteiger charge is -2.36. The fourth-order valence-corrected chi connectivity index (χ4v) is 2.80. The monoisotopic (exact) mass is 330 g/mol. The molecule has 1 amide bonds. The summed E-state index contributed by atoms with van der Waals surface area (Å²) in [4.78, 5) is 14.1. The molecule has 0 unspecified atom stereocenters. The van der Waals surface area contributed by atoms with Crippen LogP contribution in [-0.2, 0) is 11.2 Å². The van der Waals surface area contributed by atoms with Crippen molar-refractivity contribution in [3.05, 3.63) is 29.8 Å². The van der Waals surface area contributed by atoms with E-state index in [1.165, 1.54) is 12.1 Å². The van der Waals surface area contributed by atoms with Crippen molar-refractivity contribution in [3.8, 4) is 5.75 Å². The van der Waals surface area contributed by atoms with E-state index in [1.54, 1.807) is 12.1 Å². The molecule has 1 aliphatic rings. The summed E-state index contributed by atoms with van der Waals surface area (Å²) in [5, 5.41) is 3.36. The number of nitrogens with zero attached hydrogens (tertiary/aromatic N) is 1. The second-order valence-corrected chi connectivity index (χ2v) is 5.96. The molecule has 128 valence electrons. The number of rotatable bonds is 4. The summed E-state index contributed by atoms with van der Waals surface area (Å²) in [6.45, 7) is 5.44. The van der Waals surface area contributed by atoms with Crippen LogP contribution >= 0.6 is 0 Å². The number of benzene rings is 1. The molecule has 1 aromatic carbocycles. The highest BCUT2D eigenvalue weighted by Crippen LogP contribution is 2.23. The molecule has 0 bridgehead atoms. The third kappa shape index (κ3) is 5.74. The van der Waals surface area contributed by atoms with Crippen molar-refractivity contribution in [2.24, 2.45) is 0 Å². The Balaban J connectivity index is 1.84. The van der Waals surface area contributed by atoms with Crippen LogP contribution in [0.5, 0.6) is 5.75 Å². The smallest absolute Gasteiger partial charge is 0.406 e. The van der Waals surface area contributed by atoms with Gasteiger partial charge < -0.3 is 15.0 Å². The molecule has 7 heteroatoms. The van der Waals surface area contributed by atoms with E-state index in [9.17, 15) is 18.0 Å². The van der Waals surface area contributed by atoms with Crippen molar-refractivity contribution in [1.82, 2.24) is 10.2 Å². The van der Waals surface area contributed by atoms with Gasteiger partial charge in [-0.25, -0.2) is 0 Å². The molecular weight excluding hydrogens is 309 g/mol. The number of ether oxygens (including phenoxy) is 1. The third-order valence-electron chi connectivity index (χ3n) is 3.69. The van der Waals surface area contributed by atoms with Gasteiger partial charge in [-0.1, -0.05) is 12.1 Å². The number of hydrogen-bond acceptors (Lipinski definition) is 3. The Morgan fingerprint density at radius 1 is 1.22 bits per heavy atom. The SMILES string of the molecule is C[C@@H]1CN(C(=O)CCc2ccc(OC(F)(F)F)cc2)C[C@@H](C)N1. The normalized spacial score (nSPS) is 22.0. The Labute approximate surface area is 133 Å². The second kappa shape index (κ2) is 7.21. The zero-order valence-corrected chi connectivity index (χ0v) is 13.2. The van der Waals surface area contributed by atoms with Gasteiger partial charge >= 0.3 is 6.36 Å². The summed E-state index contributed by atoms with van der Waals surface area (Å²) < 4.78 is 40.1. The lowest BCUT2D eigenvalue weighted by Crippen LogP contribution is -2.55. The molecule has 1 aliphatic heterocycles. The minimum absolute atomic E-state index is 0.0702. The standard InChI is InChI=1S/C16H21F3N2O2/c1-11-9-21(10-12(2)20-11)15(22)8-5-13-3-6-14(7-4-13)23-16(17,18)19/h3-4,6-7,11-12,20H,5,8-10H2,1-2H3/t11-,12-/m1/s1. The van der Waals surface area contributed by atoms with Crippen LogP contribution in [0.3, 0.4) is 0 Å². The maximum Gasteiger partial charge on any atom is 0.573 e. The zero-order valence-electron chi connectivity index (χ0n) is 13.2. The van der Waals surface area contributed by atoms with Gasteiger partial charge in [-0.2, -0.15) is 0 Å². The van der Waals surface area contributed by atoms with Gasteiger partial charge in [-0.3, -0.25) is 4.79 Å². The predicted molar refractivity (Wildman–Crippen MR) is 80.1 cm³/mol. The van der Waals surface area contributed by atoms with E-state index in [4.69, 9.17) is 0 Å². The minimum Gasteiger partial charge on any atom is -0.406 e. The molecule has 0 aromatic heterocycles. The van der Waals surface area contributed by atoms with E-state index in [0.29, 0.717) is 25.9 Å². The largest absolute Gasteiger partial charge is 0.573 e. The number of piperazine rings is 1. The van der Waals surface area contributed by atoms with Gasteiger partial charge in [0, 0.05) is 31.6 Å². The molecule has 2 rings (SSSR count). The molecule has 23 heavy (non-hydrogen) atoms. The number of hydrogen-bond donors (Lipinski definition) is 1. The van der Waals surface area contributed by atoms with E-state index in [2.05, 4.69) is 10.1 Å². The molecule has 1 heterocycles. The van der Waals surface area contributed by atoms with Crippen LogP contribution in [0, 0.1) is 0 Å². The van der Waals surface area contributed by atoms with Crippen LogP contribution < -0.4 is 10.1 Å². The summed E-state index contributed by atoms with van der Waals surface area (Å²) in [6, 6.07) is 6.17. The van der Waals surface area contributed by atoms with Crippen molar-refractivity contribution in [2.45, 2.75) is 45.1 Å². The van der Waals surface area contributed by atoms with Gasteiger partial charge in [0.05, 0.1) is 0 Å². The first-order chi connectivity index (χ1) is 10.7. The van der Waals surface area contributed by atoms with Crippen molar-refractivity contribution in [1.29, 1.82) is 0 Å². The van der Waals surface area contributed by atoms with Crippen LogP contribution in [0.2, 0.25) is 0 Å². The summed E-state index contributed by atoms with van der Waals surface area (Å²) >= 11 is 0. The van der Waals surface area contributed by atoms with Gasteiger partial charge in [0.2, 0.25) is 5.91 Å². The van der Waals surface area contributed by atoms with E-state index >= 15 is 0 Å². The lowest BCUT2D eigenvalue weighted by atomic mass is 10.1. The van der Waals surface area contributed by atoms with Crippen LogP contribution in [0.25, 0.3) is 0 Å². The minimum atomic E-state index is -4.69. The zero-order chi connectivity index (χ0) is 17.0. The highest BCUT2D eigenvalue weighted by molar-refractivity contribution is 5.76. The Morgan fingerprint density at radius 2 is 1.78 bits per heavy atom. The van der Waals surface area contributed by atoms with Gasteiger partial charge in [0.1, 0.15) is 5.75 Å².